The van der Waals surface area contributed by atoms with Crippen molar-refractivity contribution in [3.8, 4) is 0 Å². The molecule has 0 saturated carbocycles. The number of rotatable bonds is 3. The summed E-state index contributed by atoms with van der Waals surface area (Å²) in [5.41, 5.74) is 0. The molecule has 0 heterocycles. The van der Waals surface area contributed by atoms with Gasteiger partial charge in [0, 0.05) is 35.3 Å². The number of carbonyl (C=O) groups excluding carboxylic acids is 3. The summed E-state index contributed by atoms with van der Waals surface area (Å²) in [6.45, 7) is 8.54. The number of carbonyl (C=O) groups is 3. The molecule has 0 rings (SSSR count). The monoisotopic (exact) mass is 355 g/mol. The normalized spacial score (nSPS) is 10.9. The molecule has 7 heteroatoms. The number of hydrogen-bond donors (Lipinski definition) is 3. The fraction of sp³-hybridized carbons (Fsp3) is 0.400. The van der Waals surface area contributed by atoms with E-state index in [-0.39, 0.29) is 51.7 Å². The molecule has 0 aromatic heterocycles. The SMILES string of the molecule is CC(=O)/C=C(/C)O.CC(=O)/C=C(/C)O.CC(=O)/C=C(\C)O.[Mn]. The molecule has 0 atom stereocenters. The maximum absolute atomic E-state index is 10.0. The maximum atomic E-state index is 10.0. The molecule has 6 nitrogen and oxygen atoms in total. The summed E-state index contributed by atoms with van der Waals surface area (Å²) in [5.74, 6) is -0.187. The van der Waals surface area contributed by atoms with Crippen LogP contribution in [-0.2, 0) is 31.5 Å². The Kier molecular flexibility index (Phi) is 22.2. The second-order valence-electron chi connectivity index (χ2n) is 4.19. The molecule has 0 aliphatic carbocycles. The smallest absolute Gasteiger partial charge is 0.155 e. The molecule has 0 fully saturated rings. The van der Waals surface area contributed by atoms with E-state index in [1.165, 1.54) is 59.8 Å². The van der Waals surface area contributed by atoms with Crippen molar-refractivity contribution in [1.29, 1.82) is 0 Å². The molecule has 0 aliphatic rings. The van der Waals surface area contributed by atoms with Crippen LogP contribution in [0.15, 0.2) is 35.5 Å². The molecular formula is C15H24MnO6. The van der Waals surface area contributed by atoms with Gasteiger partial charge in [-0.25, -0.2) is 0 Å². The molecule has 0 aromatic rings. The Hall–Kier alpha value is -1.85. The third kappa shape index (κ3) is 51.8. The Balaban J connectivity index is -0.000000108. The summed E-state index contributed by atoms with van der Waals surface area (Å²) >= 11 is 0. The molecule has 0 aromatic carbocycles. The fourth-order valence-corrected chi connectivity index (χ4v) is 0.882. The summed E-state index contributed by atoms with van der Waals surface area (Å²) < 4.78 is 0. The van der Waals surface area contributed by atoms with Crippen molar-refractivity contribution in [3.05, 3.63) is 35.5 Å². The quantitative estimate of drug-likeness (QED) is 0.407. The van der Waals surface area contributed by atoms with Gasteiger partial charge in [0.25, 0.3) is 0 Å². The van der Waals surface area contributed by atoms with Crippen LogP contribution in [0.4, 0.5) is 0 Å². The second kappa shape index (κ2) is 17.2. The fourth-order valence-electron chi connectivity index (χ4n) is 0.882. The summed E-state index contributed by atoms with van der Waals surface area (Å²) in [5, 5.41) is 25.1. The van der Waals surface area contributed by atoms with Gasteiger partial charge in [0.15, 0.2) is 17.3 Å². The van der Waals surface area contributed by atoms with E-state index in [0.717, 1.165) is 0 Å². The Labute approximate surface area is 141 Å². The molecule has 0 bridgehead atoms. The molecule has 127 valence electrons. The zero-order valence-corrected chi connectivity index (χ0v) is 14.9. The van der Waals surface area contributed by atoms with Crippen LogP contribution in [-0.4, -0.2) is 32.7 Å². The van der Waals surface area contributed by atoms with Crippen LogP contribution in [0.5, 0.6) is 0 Å². The van der Waals surface area contributed by atoms with E-state index in [1.54, 1.807) is 0 Å². The van der Waals surface area contributed by atoms with E-state index in [9.17, 15) is 14.4 Å². The summed E-state index contributed by atoms with van der Waals surface area (Å²) in [4.78, 5) is 30.1. The van der Waals surface area contributed by atoms with Gasteiger partial charge in [-0.1, -0.05) is 0 Å². The zero-order chi connectivity index (χ0) is 17.6. The van der Waals surface area contributed by atoms with E-state index in [2.05, 4.69) is 0 Å². The van der Waals surface area contributed by atoms with Gasteiger partial charge in [-0.2, -0.15) is 0 Å². The summed E-state index contributed by atoms with van der Waals surface area (Å²) in [7, 11) is 0. The molecule has 0 aliphatic heterocycles. The Morgan fingerprint density at radius 2 is 0.682 bits per heavy atom. The average Bonchev–Trinajstić information content (AvgIpc) is 2.10. The van der Waals surface area contributed by atoms with E-state index >= 15 is 0 Å². The van der Waals surface area contributed by atoms with Crippen LogP contribution in [0.2, 0.25) is 0 Å². The standard InChI is InChI=1S/3C5H8O2.Mn/c3*1-4(6)3-5(2)7;/h3*3,6H,1-2H3;/b4-3+;2*4-3-;. The molecule has 0 amide bonds. The Bertz CT molecular complexity index is 368. The van der Waals surface area contributed by atoms with E-state index in [1.807, 2.05) is 0 Å². The molecular weight excluding hydrogens is 331 g/mol. The predicted molar refractivity (Wildman–Crippen MR) is 81.2 cm³/mol. The van der Waals surface area contributed by atoms with Crippen molar-refractivity contribution in [2.75, 3.05) is 0 Å². The first-order chi connectivity index (χ1) is 9.38. The van der Waals surface area contributed by atoms with Crippen LogP contribution < -0.4 is 0 Å². The van der Waals surface area contributed by atoms with Gasteiger partial charge in [-0.05, 0) is 41.5 Å². The van der Waals surface area contributed by atoms with Gasteiger partial charge in [-0.15, -0.1) is 0 Å². The third-order valence-corrected chi connectivity index (χ3v) is 1.24. The van der Waals surface area contributed by atoms with Gasteiger partial charge in [-0.3, -0.25) is 14.4 Å². The largest absolute Gasteiger partial charge is 0.512 e. The summed E-state index contributed by atoms with van der Waals surface area (Å²) in [6.07, 6.45) is 3.50. The van der Waals surface area contributed by atoms with Crippen molar-refractivity contribution in [1.82, 2.24) is 0 Å². The first-order valence-electron chi connectivity index (χ1n) is 6.02. The summed E-state index contributed by atoms with van der Waals surface area (Å²) in [6, 6.07) is 0. The number of aliphatic hydroxyl groups excluding tert-OH is 3. The van der Waals surface area contributed by atoms with Gasteiger partial charge < -0.3 is 15.3 Å². The minimum atomic E-state index is -0.125. The third-order valence-electron chi connectivity index (χ3n) is 1.24. The van der Waals surface area contributed by atoms with Crippen molar-refractivity contribution in [2.45, 2.75) is 41.5 Å². The van der Waals surface area contributed by atoms with Gasteiger partial charge in [0.2, 0.25) is 0 Å². The molecule has 0 saturated heterocycles. The number of aliphatic hydroxyl groups is 3. The van der Waals surface area contributed by atoms with E-state index in [0.29, 0.717) is 0 Å². The van der Waals surface area contributed by atoms with E-state index in [4.69, 9.17) is 15.3 Å². The predicted octanol–water partition coefficient (Wildman–Crippen LogP) is 3.11. The number of hydrogen-bond acceptors (Lipinski definition) is 6. The van der Waals surface area contributed by atoms with Crippen molar-refractivity contribution in [2.24, 2.45) is 0 Å². The second-order valence-corrected chi connectivity index (χ2v) is 4.19. The molecule has 3 N–H and O–H groups in total. The van der Waals surface area contributed by atoms with Gasteiger partial charge in [0.1, 0.15) is 0 Å². The van der Waals surface area contributed by atoms with Crippen molar-refractivity contribution < 1.29 is 46.8 Å². The topological polar surface area (TPSA) is 112 Å². The number of ketones is 3. The van der Waals surface area contributed by atoms with Gasteiger partial charge in [0.05, 0.1) is 17.3 Å². The minimum absolute atomic E-state index is 0. The van der Waals surface area contributed by atoms with Crippen LogP contribution in [0.3, 0.4) is 0 Å². The van der Waals surface area contributed by atoms with Crippen LogP contribution >= 0.6 is 0 Å². The zero-order valence-electron chi connectivity index (χ0n) is 13.7. The molecule has 1 radical (unpaired) electrons. The first-order valence-corrected chi connectivity index (χ1v) is 6.02. The molecule has 0 spiro atoms. The molecule has 0 unspecified atom stereocenters. The van der Waals surface area contributed by atoms with Crippen molar-refractivity contribution in [3.63, 3.8) is 0 Å². The van der Waals surface area contributed by atoms with Crippen LogP contribution in [0, 0.1) is 0 Å². The first kappa shape index (κ1) is 28.3. The van der Waals surface area contributed by atoms with Crippen LogP contribution in [0.1, 0.15) is 41.5 Å². The average molecular weight is 355 g/mol. The van der Waals surface area contributed by atoms with E-state index < -0.39 is 0 Å². The van der Waals surface area contributed by atoms with Gasteiger partial charge >= 0.3 is 0 Å². The maximum Gasteiger partial charge on any atom is 0.155 e. The minimum Gasteiger partial charge on any atom is -0.512 e. The Morgan fingerprint density at radius 1 is 0.545 bits per heavy atom. The Morgan fingerprint density at radius 3 is 0.682 bits per heavy atom. The molecule has 22 heavy (non-hydrogen) atoms. The number of allylic oxidation sites excluding steroid dienone is 6. The van der Waals surface area contributed by atoms with Crippen molar-refractivity contribution >= 4 is 17.3 Å². The van der Waals surface area contributed by atoms with Crippen LogP contribution in [0.25, 0.3) is 0 Å².